The molecule has 1 saturated heterocycles. The van der Waals surface area contributed by atoms with Crippen LogP contribution in [-0.4, -0.2) is 53.3 Å². The molecule has 0 atom stereocenters. The molecule has 1 aliphatic heterocycles. The minimum absolute atomic E-state index is 0.115. The number of anilines is 2. The van der Waals surface area contributed by atoms with E-state index in [-0.39, 0.29) is 5.91 Å². The van der Waals surface area contributed by atoms with Gasteiger partial charge in [0, 0.05) is 36.9 Å². The first-order valence-electron chi connectivity index (χ1n) is 8.05. The predicted molar refractivity (Wildman–Crippen MR) is 97.2 cm³/mol. The van der Waals surface area contributed by atoms with Gasteiger partial charge in [-0.15, -0.1) is 0 Å². The molecular formula is C18H19ClN4O2. The van der Waals surface area contributed by atoms with Gasteiger partial charge in [-0.1, -0.05) is 17.7 Å². The van der Waals surface area contributed by atoms with Crippen LogP contribution in [0.2, 0.25) is 5.02 Å². The fourth-order valence-electron chi connectivity index (χ4n) is 2.69. The number of halogens is 1. The molecule has 1 aromatic heterocycles. The van der Waals surface area contributed by atoms with Crippen LogP contribution in [0, 0.1) is 6.92 Å². The molecule has 25 heavy (non-hydrogen) atoms. The lowest BCUT2D eigenvalue weighted by Gasteiger charge is -2.32. The minimum atomic E-state index is -0.115. The van der Waals surface area contributed by atoms with Crippen molar-refractivity contribution in [3.8, 4) is 0 Å². The van der Waals surface area contributed by atoms with Gasteiger partial charge in [-0.25, -0.2) is 4.98 Å². The average molecular weight is 359 g/mol. The van der Waals surface area contributed by atoms with E-state index in [0.29, 0.717) is 36.9 Å². The number of carbonyl (C=O) groups is 2. The van der Waals surface area contributed by atoms with Crippen LogP contribution in [0.15, 0.2) is 36.5 Å². The van der Waals surface area contributed by atoms with E-state index in [0.717, 1.165) is 23.3 Å². The second-order valence-corrected chi connectivity index (χ2v) is 6.31. The van der Waals surface area contributed by atoms with E-state index >= 15 is 0 Å². The van der Waals surface area contributed by atoms with Gasteiger partial charge < -0.3 is 15.1 Å². The Morgan fingerprint density at radius 2 is 1.96 bits per heavy atom. The lowest BCUT2D eigenvalue weighted by Crippen LogP contribution is -2.48. The van der Waals surface area contributed by atoms with Crippen molar-refractivity contribution in [1.82, 2.24) is 14.8 Å². The number of hydrogen-bond acceptors (Lipinski definition) is 4. The molecule has 0 spiro atoms. The average Bonchev–Trinajstić information content (AvgIpc) is 2.65. The fourth-order valence-corrected chi connectivity index (χ4v) is 2.86. The molecule has 0 radical (unpaired) electrons. The lowest BCUT2D eigenvalue weighted by atomic mass is 10.2. The molecule has 0 aliphatic carbocycles. The molecule has 7 heteroatoms. The van der Waals surface area contributed by atoms with E-state index in [4.69, 9.17) is 11.6 Å². The molecule has 0 bridgehead atoms. The zero-order valence-corrected chi connectivity index (χ0v) is 14.7. The molecule has 2 amide bonds. The quantitative estimate of drug-likeness (QED) is 0.853. The van der Waals surface area contributed by atoms with Gasteiger partial charge in [0.2, 0.25) is 6.41 Å². The molecule has 0 saturated carbocycles. The monoisotopic (exact) mass is 358 g/mol. The second kappa shape index (κ2) is 7.53. The Morgan fingerprint density at radius 1 is 1.20 bits per heavy atom. The van der Waals surface area contributed by atoms with Crippen LogP contribution < -0.4 is 5.32 Å². The predicted octanol–water partition coefficient (Wildman–Crippen LogP) is 2.70. The molecule has 2 heterocycles. The van der Waals surface area contributed by atoms with Gasteiger partial charge in [0.15, 0.2) is 0 Å². The third-order valence-electron chi connectivity index (χ3n) is 4.28. The molecule has 6 nitrogen and oxygen atoms in total. The number of rotatable bonds is 4. The van der Waals surface area contributed by atoms with E-state index in [1.807, 2.05) is 31.2 Å². The Kier molecular flexibility index (Phi) is 5.19. The van der Waals surface area contributed by atoms with Crippen molar-refractivity contribution in [1.29, 1.82) is 0 Å². The summed E-state index contributed by atoms with van der Waals surface area (Å²) in [6.45, 7) is 4.11. The SMILES string of the molecule is Cc1c(Cl)cccc1Nc1ccc(C(=O)N2CCN(C=O)CC2)nc1. The maximum Gasteiger partial charge on any atom is 0.272 e. The van der Waals surface area contributed by atoms with Crippen LogP contribution in [0.1, 0.15) is 16.1 Å². The zero-order chi connectivity index (χ0) is 17.8. The topological polar surface area (TPSA) is 65.5 Å². The largest absolute Gasteiger partial charge is 0.354 e. The highest BCUT2D eigenvalue weighted by Crippen LogP contribution is 2.25. The number of piperazine rings is 1. The first-order chi connectivity index (χ1) is 12.1. The first kappa shape index (κ1) is 17.2. The van der Waals surface area contributed by atoms with Gasteiger partial charge >= 0.3 is 0 Å². The number of amides is 2. The maximum atomic E-state index is 12.5. The normalized spacial score (nSPS) is 14.3. The van der Waals surface area contributed by atoms with Gasteiger partial charge in [-0.3, -0.25) is 9.59 Å². The smallest absolute Gasteiger partial charge is 0.272 e. The minimum Gasteiger partial charge on any atom is -0.354 e. The van der Waals surface area contributed by atoms with Gasteiger partial charge in [-0.2, -0.15) is 0 Å². The number of benzene rings is 1. The summed E-state index contributed by atoms with van der Waals surface area (Å²) >= 11 is 6.12. The number of nitrogens with zero attached hydrogens (tertiary/aromatic N) is 3. The third kappa shape index (κ3) is 3.91. The lowest BCUT2D eigenvalue weighted by molar-refractivity contribution is -0.119. The van der Waals surface area contributed by atoms with Crippen molar-refractivity contribution in [2.24, 2.45) is 0 Å². The standard InChI is InChI=1S/C18H19ClN4O2/c1-13-15(19)3-2-4-16(13)21-14-5-6-17(20-11-14)18(25)23-9-7-22(12-24)8-10-23/h2-6,11-12,21H,7-10H2,1H3. The molecular weight excluding hydrogens is 340 g/mol. The Labute approximate surface area is 151 Å². The van der Waals surface area contributed by atoms with Crippen LogP contribution in [0.4, 0.5) is 11.4 Å². The van der Waals surface area contributed by atoms with E-state index < -0.39 is 0 Å². The number of carbonyl (C=O) groups excluding carboxylic acids is 2. The number of pyridine rings is 1. The highest BCUT2D eigenvalue weighted by atomic mass is 35.5. The molecule has 1 aliphatic rings. The molecule has 1 N–H and O–H groups in total. The summed E-state index contributed by atoms with van der Waals surface area (Å²) in [6.07, 6.45) is 2.45. The van der Waals surface area contributed by atoms with Gasteiger partial charge in [0.1, 0.15) is 5.69 Å². The molecule has 0 unspecified atom stereocenters. The fraction of sp³-hybridized carbons (Fsp3) is 0.278. The van der Waals surface area contributed by atoms with Crippen molar-refractivity contribution >= 4 is 35.3 Å². The molecule has 3 rings (SSSR count). The summed E-state index contributed by atoms with van der Waals surface area (Å²) in [7, 11) is 0. The van der Waals surface area contributed by atoms with Crippen molar-refractivity contribution in [2.45, 2.75) is 6.92 Å². The first-order valence-corrected chi connectivity index (χ1v) is 8.43. The Bertz CT molecular complexity index is 771. The van der Waals surface area contributed by atoms with Crippen LogP contribution in [0.3, 0.4) is 0 Å². The van der Waals surface area contributed by atoms with Gasteiger partial charge in [0.25, 0.3) is 5.91 Å². The van der Waals surface area contributed by atoms with Crippen molar-refractivity contribution in [3.63, 3.8) is 0 Å². The van der Waals surface area contributed by atoms with Gasteiger partial charge in [0.05, 0.1) is 11.9 Å². The van der Waals surface area contributed by atoms with E-state index in [9.17, 15) is 9.59 Å². The number of aromatic nitrogens is 1. The highest BCUT2D eigenvalue weighted by molar-refractivity contribution is 6.31. The molecule has 2 aromatic rings. The molecule has 1 aromatic carbocycles. The second-order valence-electron chi connectivity index (χ2n) is 5.90. The van der Waals surface area contributed by atoms with Gasteiger partial charge in [-0.05, 0) is 36.8 Å². The van der Waals surface area contributed by atoms with Crippen molar-refractivity contribution < 1.29 is 9.59 Å². The molecule has 130 valence electrons. The van der Waals surface area contributed by atoms with E-state index in [2.05, 4.69) is 10.3 Å². The highest BCUT2D eigenvalue weighted by Gasteiger charge is 2.22. The summed E-state index contributed by atoms with van der Waals surface area (Å²) in [5, 5.41) is 3.95. The van der Waals surface area contributed by atoms with E-state index in [1.54, 1.807) is 22.1 Å². The third-order valence-corrected chi connectivity index (χ3v) is 4.69. The van der Waals surface area contributed by atoms with Crippen molar-refractivity contribution in [3.05, 3.63) is 52.8 Å². The summed E-state index contributed by atoms with van der Waals surface area (Å²) in [4.78, 5) is 30.9. The Hall–Kier alpha value is -2.60. The number of hydrogen-bond donors (Lipinski definition) is 1. The van der Waals surface area contributed by atoms with Crippen LogP contribution in [-0.2, 0) is 4.79 Å². The Morgan fingerprint density at radius 3 is 2.60 bits per heavy atom. The summed E-state index contributed by atoms with van der Waals surface area (Å²) in [6, 6.07) is 9.18. The van der Waals surface area contributed by atoms with E-state index in [1.165, 1.54) is 0 Å². The van der Waals surface area contributed by atoms with Crippen LogP contribution in [0.25, 0.3) is 0 Å². The summed E-state index contributed by atoms with van der Waals surface area (Å²) in [5.41, 5.74) is 3.04. The van der Waals surface area contributed by atoms with Crippen LogP contribution >= 0.6 is 11.6 Å². The molecule has 1 fully saturated rings. The zero-order valence-electron chi connectivity index (χ0n) is 13.9. The summed E-state index contributed by atoms with van der Waals surface area (Å²) < 4.78 is 0. The Balaban J connectivity index is 1.67. The summed E-state index contributed by atoms with van der Waals surface area (Å²) in [5.74, 6) is -0.115. The van der Waals surface area contributed by atoms with Crippen molar-refractivity contribution in [2.75, 3.05) is 31.5 Å². The maximum absolute atomic E-state index is 12.5. The van der Waals surface area contributed by atoms with Crippen LogP contribution in [0.5, 0.6) is 0 Å². The number of nitrogens with one attached hydrogen (secondary N) is 1.